The van der Waals surface area contributed by atoms with Crippen molar-refractivity contribution in [3.63, 3.8) is 0 Å². The third-order valence-electron chi connectivity index (χ3n) is 3.87. The molecule has 1 saturated heterocycles. The minimum absolute atomic E-state index is 0.344. The van der Waals surface area contributed by atoms with Crippen molar-refractivity contribution in [3.05, 3.63) is 0 Å². The Labute approximate surface area is 107 Å². The standard InChI is InChI=1S/C14H30N2O/c1-3-15-13(2)14-9-5-7-11-16(14)10-6-4-8-12-17/h13-15,17H,3-12H2,1-2H3. The molecule has 1 rings (SSSR count). The number of hydrogen-bond donors (Lipinski definition) is 2. The van der Waals surface area contributed by atoms with Gasteiger partial charge in [-0.15, -0.1) is 0 Å². The molecule has 0 aromatic rings. The number of hydrogen-bond acceptors (Lipinski definition) is 3. The van der Waals surface area contributed by atoms with E-state index in [4.69, 9.17) is 5.11 Å². The van der Waals surface area contributed by atoms with Crippen LogP contribution in [0.15, 0.2) is 0 Å². The van der Waals surface area contributed by atoms with E-state index < -0.39 is 0 Å². The summed E-state index contributed by atoms with van der Waals surface area (Å²) in [5, 5.41) is 12.4. The van der Waals surface area contributed by atoms with Gasteiger partial charge in [0.15, 0.2) is 0 Å². The number of nitrogens with zero attached hydrogens (tertiary/aromatic N) is 1. The van der Waals surface area contributed by atoms with Gasteiger partial charge >= 0.3 is 0 Å². The molecule has 0 spiro atoms. The van der Waals surface area contributed by atoms with Crippen molar-refractivity contribution in [2.75, 3.05) is 26.2 Å². The zero-order chi connectivity index (χ0) is 12.5. The van der Waals surface area contributed by atoms with E-state index in [-0.39, 0.29) is 0 Å². The Bertz CT molecular complexity index is 187. The molecular weight excluding hydrogens is 212 g/mol. The average Bonchev–Trinajstić information content (AvgIpc) is 2.35. The van der Waals surface area contributed by atoms with Crippen LogP contribution in [0, 0.1) is 0 Å². The number of piperidine rings is 1. The van der Waals surface area contributed by atoms with Gasteiger partial charge in [-0.25, -0.2) is 0 Å². The van der Waals surface area contributed by atoms with Crippen molar-refractivity contribution < 1.29 is 5.11 Å². The van der Waals surface area contributed by atoms with Crippen molar-refractivity contribution in [3.8, 4) is 0 Å². The molecule has 2 unspecified atom stereocenters. The fourth-order valence-corrected chi connectivity index (χ4v) is 2.92. The predicted octanol–water partition coefficient (Wildman–Crippen LogP) is 2.00. The van der Waals surface area contributed by atoms with E-state index >= 15 is 0 Å². The van der Waals surface area contributed by atoms with Gasteiger partial charge in [0.05, 0.1) is 0 Å². The number of rotatable bonds is 8. The summed E-state index contributed by atoms with van der Waals surface area (Å²) in [6.45, 7) is 8.39. The van der Waals surface area contributed by atoms with Crippen molar-refractivity contribution >= 4 is 0 Å². The average molecular weight is 242 g/mol. The number of aliphatic hydroxyl groups is 1. The molecule has 17 heavy (non-hydrogen) atoms. The second-order valence-electron chi connectivity index (χ2n) is 5.23. The van der Waals surface area contributed by atoms with E-state index in [1.54, 1.807) is 0 Å². The maximum absolute atomic E-state index is 8.79. The quantitative estimate of drug-likeness (QED) is 0.639. The zero-order valence-electron chi connectivity index (χ0n) is 11.6. The highest BCUT2D eigenvalue weighted by Crippen LogP contribution is 2.20. The third-order valence-corrected chi connectivity index (χ3v) is 3.87. The van der Waals surface area contributed by atoms with Crippen LogP contribution in [0.2, 0.25) is 0 Å². The van der Waals surface area contributed by atoms with Crippen LogP contribution >= 0.6 is 0 Å². The molecule has 1 aliphatic heterocycles. The van der Waals surface area contributed by atoms with Gasteiger partial charge in [-0.1, -0.05) is 13.3 Å². The molecule has 0 aromatic carbocycles. The smallest absolute Gasteiger partial charge is 0.0431 e. The Balaban J connectivity index is 2.31. The molecule has 2 atom stereocenters. The number of aliphatic hydroxyl groups excluding tert-OH is 1. The topological polar surface area (TPSA) is 35.5 Å². The summed E-state index contributed by atoms with van der Waals surface area (Å²) in [5.74, 6) is 0. The summed E-state index contributed by atoms with van der Waals surface area (Å²) in [6.07, 6.45) is 7.43. The van der Waals surface area contributed by atoms with Gasteiger partial charge in [-0.05, 0) is 58.7 Å². The lowest BCUT2D eigenvalue weighted by atomic mass is 9.96. The molecule has 1 aliphatic rings. The summed E-state index contributed by atoms with van der Waals surface area (Å²) in [4.78, 5) is 2.66. The van der Waals surface area contributed by atoms with E-state index in [9.17, 15) is 0 Å². The second kappa shape index (κ2) is 8.90. The van der Waals surface area contributed by atoms with E-state index in [0.717, 1.165) is 25.4 Å². The first-order valence-electron chi connectivity index (χ1n) is 7.38. The van der Waals surface area contributed by atoms with Crippen LogP contribution in [0.1, 0.15) is 52.4 Å². The van der Waals surface area contributed by atoms with Crippen molar-refractivity contribution in [2.24, 2.45) is 0 Å². The molecule has 0 amide bonds. The molecule has 0 aliphatic carbocycles. The Morgan fingerprint density at radius 3 is 2.82 bits per heavy atom. The van der Waals surface area contributed by atoms with Crippen LogP contribution in [-0.4, -0.2) is 48.3 Å². The van der Waals surface area contributed by atoms with Crippen LogP contribution < -0.4 is 5.32 Å². The Kier molecular flexibility index (Phi) is 7.82. The fourth-order valence-electron chi connectivity index (χ4n) is 2.92. The molecule has 102 valence electrons. The number of likely N-dealkylation sites (tertiary alicyclic amines) is 1. The Morgan fingerprint density at radius 1 is 1.29 bits per heavy atom. The predicted molar refractivity (Wildman–Crippen MR) is 73.3 cm³/mol. The first kappa shape index (κ1) is 14.9. The third kappa shape index (κ3) is 5.36. The molecule has 3 heteroatoms. The maximum atomic E-state index is 8.79. The van der Waals surface area contributed by atoms with Gasteiger partial charge in [-0.3, -0.25) is 4.90 Å². The maximum Gasteiger partial charge on any atom is 0.0431 e. The lowest BCUT2D eigenvalue weighted by Gasteiger charge is -2.39. The van der Waals surface area contributed by atoms with E-state index in [0.29, 0.717) is 12.6 Å². The minimum atomic E-state index is 0.344. The lowest BCUT2D eigenvalue weighted by Crippen LogP contribution is -2.51. The van der Waals surface area contributed by atoms with Gasteiger partial charge < -0.3 is 10.4 Å². The largest absolute Gasteiger partial charge is 0.396 e. The molecule has 0 radical (unpaired) electrons. The minimum Gasteiger partial charge on any atom is -0.396 e. The fraction of sp³-hybridized carbons (Fsp3) is 1.00. The molecule has 0 aromatic heterocycles. The first-order valence-corrected chi connectivity index (χ1v) is 7.38. The van der Waals surface area contributed by atoms with Gasteiger partial charge in [0.1, 0.15) is 0 Å². The van der Waals surface area contributed by atoms with E-state index in [2.05, 4.69) is 24.1 Å². The molecule has 1 fully saturated rings. The van der Waals surface area contributed by atoms with Crippen LogP contribution in [0.4, 0.5) is 0 Å². The molecule has 2 N–H and O–H groups in total. The first-order chi connectivity index (χ1) is 8.29. The second-order valence-corrected chi connectivity index (χ2v) is 5.23. The number of unbranched alkanes of at least 4 members (excludes halogenated alkanes) is 2. The van der Waals surface area contributed by atoms with Gasteiger partial charge in [0.25, 0.3) is 0 Å². The molecule has 1 heterocycles. The van der Waals surface area contributed by atoms with Crippen molar-refractivity contribution in [1.29, 1.82) is 0 Å². The number of likely N-dealkylation sites (N-methyl/N-ethyl adjacent to an activating group) is 1. The monoisotopic (exact) mass is 242 g/mol. The van der Waals surface area contributed by atoms with Crippen LogP contribution in [0.5, 0.6) is 0 Å². The Morgan fingerprint density at radius 2 is 2.12 bits per heavy atom. The lowest BCUT2D eigenvalue weighted by molar-refractivity contribution is 0.117. The highest BCUT2D eigenvalue weighted by Gasteiger charge is 2.26. The SMILES string of the molecule is CCNC(C)C1CCCCN1CCCCCO. The summed E-state index contributed by atoms with van der Waals surface area (Å²) < 4.78 is 0. The Hall–Kier alpha value is -0.120. The summed E-state index contributed by atoms with van der Waals surface area (Å²) in [7, 11) is 0. The highest BCUT2D eigenvalue weighted by atomic mass is 16.2. The van der Waals surface area contributed by atoms with Gasteiger partial charge in [-0.2, -0.15) is 0 Å². The van der Waals surface area contributed by atoms with Crippen molar-refractivity contribution in [1.82, 2.24) is 10.2 Å². The van der Waals surface area contributed by atoms with Gasteiger partial charge in [0.2, 0.25) is 0 Å². The highest BCUT2D eigenvalue weighted by molar-refractivity contribution is 4.84. The van der Waals surface area contributed by atoms with Crippen LogP contribution in [-0.2, 0) is 0 Å². The molecule has 3 nitrogen and oxygen atoms in total. The van der Waals surface area contributed by atoms with Gasteiger partial charge in [0, 0.05) is 18.7 Å². The molecule has 0 bridgehead atoms. The van der Waals surface area contributed by atoms with E-state index in [1.807, 2.05) is 0 Å². The van der Waals surface area contributed by atoms with Crippen LogP contribution in [0.3, 0.4) is 0 Å². The summed E-state index contributed by atoms with van der Waals surface area (Å²) in [6, 6.07) is 1.33. The summed E-state index contributed by atoms with van der Waals surface area (Å²) in [5.41, 5.74) is 0. The van der Waals surface area contributed by atoms with Crippen molar-refractivity contribution in [2.45, 2.75) is 64.5 Å². The zero-order valence-corrected chi connectivity index (χ0v) is 11.6. The number of nitrogens with one attached hydrogen (secondary N) is 1. The van der Waals surface area contributed by atoms with Crippen LogP contribution in [0.25, 0.3) is 0 Å². The normalized spacial score (nSPS) is 23.8. The molecule has 0 saturated carbocycles. The summed E-state index contributed by atoms with van der Waals surface area (Å²) >= 11 is 0. The molecular formula is C14H30N2O. The van der Waals surface area contributed by atoms with E-state index in [1.165, 1.54) is 38.8 Å².